The lowest BCUT2D eigenvalue weighted by molar-refractivity contribution is 0.482. The lowest BCUT2D eigenvalue weighted by Crippen LogP contribution is -2.04. The van der Waals surface area contributed by atoms with E-state index in [4.69, 9.17) is 4.55 Å². The molecule has 0 fully saturated rings. The maximum Gasteiger partial charge on any atom is 0.295 e. The van der Waals surface area contributed by atoms with Crippen LogP contribution in [-0.4, -0.2) is 32.0 Å². The molecule has 0 aliphatic heterocycles. The van der Waals surface area contributed by atoms with Crippen LogP contribution >= 0.6 is 0 Å². The predicted molar refractivity (Wildman–Crippen MR) is 71.4 cm³/mol. The first-order chi connectivity index (χ1) is 9.63. The standard InChI is InChI=1S/C11H7NO7S2/c13-6-12-8-2-1-7-3-9(20(14,15)16)5-11(10(7)4-8)21(17,18)19/h1-5H,(H,14,15,16)(H,17,18,19). The van der Waals surface area contributed by atoms with Crippen molar-refractivity contribution in [2.45, 2.75) is 9.79 Å². The van der Waals surface area contributed by atoms with Gasteiger partial charge in [0.2, 0.25) is 6.08 Å². The number of nitrogens with zero attached hydrogens (tertiary/aromatic N) is 1. The Hall–Kier alpha value is -2.10. The van der Waals surface area contributed by atoms with E-state index in [2.05, 4.69) is 4.99 Å². The first kappa shape index (κ1) is 15.3. The Morgan fingerprint density at radius 2 is 1.62 bits per heavy atom. The second kappa shape index (κ2) is 5.02. The lowest BCUT2D eigenvalue weighted by atomic mass is 10.1. The van der Waals surface area contributed by atoms with Crippen LogP contribution in [0.25, 0.3) is 10.8 Å². The second-order valence-corrected chi connectivity index (χ2v) is 6.79. The van der Waals surface area contributed by atoms with Gasteiger partial charge in [0.05, 0.1) is 10.6 Å². The highest BCUT2D eigenvalue weighted by atomic mass is 32.2. The molecule has 0 aromatic heterocycles. The van der Waals surface area contributed by atoms with Crippen LogP contribution in [0.2, 0.25) is 0 Å². The van der Waals surface area contributed by atoms with E-state index in [1.54, 1.807) is 0 Å². The Kier molecular flexibility index (Phi) is 3.66. The average Bonchev–Trinajstić information content (AvgIpc) is 2.35. The van der Waals surface area contributed by atoms with E-state index in [1.165, 1.54) is 18.2 Å². The van der Waals surface area contributed by atoms with Crippen molar-refractivity contribution in [2.75, 3.05) is 0 Å². The smallest absolute Gasteiger partial charge is 0.282 e. The summed E-state index contributed by atoms with van der Waals surface area (Å²) in [4.78, 5) is 12.1. The molecular weight excluding hydrogens is 322 g/mol. The van der Waals surface area contributed by atoms with Gasteiger partial charge in [0.15, 0.2) is 0 Å². The molecule has 0 saturated carbocycles. The Labute approximate surface area is 119 Å². The molecule has 0 heterocycles. The van der Waals surface area contributed by atoms with E-state index in [1.807, 2.05) is 0 Å². The summed E-state index contributed by atoms with van der Waals surface area (Å²) in [5.41, 5.74) is 0.0713. The van der Waals surface area contributed by atoms with Crippen molar-refractivity contribution in [1.29, 1.82) is 0 Å². The van der Waals surface area contributed by atoms with Crippen LogP contribution in [0, 0.1) is 0 Å². The van der Waals surface area contributed by atoms with E-state index >= 15 is 0 Å². The number of hydrogen-bond acceptors (Lipinski definition) is 6. The number of benzene rings is 2. The Morgan fingerprint density at radius 1 is 0.952 bits per heavy atom. The minimum atomic E-state index is -4.76. The number of fused-ring (bicyclic) bond motifs is 1. The Balaban J connectivity index is 2.98. The summed E-state index contributed by atoms with van der Waals surface area (Å²) in [5.74, 6) is 0. The van der Waals surface area contributed by atoms with Gasteiger partial charge in [0.25, 0.3) is 20.2 Å². The first-order valence-corrected chi connectivity index (χ1v) is 8.11. The van der Waals surface area contributed by atoms with Gasteiger partial charge in [-0.15, -0.1) is 0 Å². The van der Waals surface area contributed by atoms with Crippen molar-refractivity contribution in [1.82, 2.24) is 0 Å². The molecule has 8 nitrogen and oxygen atoms in total. The zero-order chi connectivity index (χ0) is 15.8. The van der Waals surface area contributed by atoms with Gasteiger partial charge in [-0.3, -0.25) is 9.11 Å². The largest absolute Gasteiger partial charge is 0.295 e. The fraction of sp³-hybridized carbons (Fsp3) is 0. The van der Waals surface area contributed by atoms with Crippen LogP contribution < -0.4 is 0 Å². The summed E-state index contributed by atoms with van der Waals surface area (Å²) >= 11 is 0. The molecule has 0 aliphatic rings. The van der Waals surface area contributed by atoms with Crippen molar-refractivity contribution >= 4 is 42.8 Å². The number of carbonyl (C=O) groups excluding carboxylic acids is 1. The minimum Gasteiger partial charge on any atom is -0.282 e. The van der Waals surface area contributed by atoms with Crippen LogP contribution in [0.4, 0.5) is 5.69 Å². The van der Waals surface area contributed by atoms with Crippen LogP contribution in [0.1, 0.15) is 0 Å². The highest BCUT2D eigenvalue weighted by Gasteiger charge is 2.20. The average molecular weight is 329 g/mol. The zero-order valence-electron chi connectivity index (χ0n) is 10.1. The molecule has 2 N–H and O–H groups in total. The fourth-order valence-electron chi connectivity index (χ4n) is 1.77. The molecule has 110 valence electrons. The highest BCUT2D eigenvalue weighted by Crippen LogP contribution is 2.30. The van der Waals surface area contributed by atoms with Gasteiger partial charge >= 0.3 is 0 Å². The maximum atomic E-state index is 11.4. The third kappa shape index (κ3) is 3.15. The van der Waals surface area contributed by atoms with Crippen molar-refractivity contribution in [3.05, 3.63) is 30.3 Å². The molecule has 0 saturated heterocycles. The maximum absolute atomic E-state index is 11.4. The van der Waals surface area contributed by atoms with Crippen molar-refractivity contribution in [3.63, 3.8) is 0 Å². The highest BCUT2D eigenvalue weighted by molar-refractivity contribution is 7.86. The van der Waals surface area contributed by atoms with Crippen molar-refractivity contribution in [2.24, 2.45) is 4.99 Å². The molecule has 0 radical (unpaired) electrons. The van der Waals surface area contributed by atoms with E-state index in [0.29, 0.717) is 6.07 Å². The molecule has 10 heteroatoms. The number of aliphatic imine (C=N–C) groups is 1. The molecule has 0 amide bonds. The third-order valence-corrected chi connectivity index (χ3v) is 4.35. The van der Waals surface area contributed by atoms with Crippen molar-refractivity contribution < 1.29 is 30.7 Å². The number of hydrogen-bond donors (Lipinski definition) is 2. The minimum absolute atomic E-state index is 0.0543. The molecule has 0 aliphatic carbocycles. The van der Waals surface area contributed by atoms with E-state index in [0.717, 1.165) is 12.1 Å². The van der Waals surface area contributed by atoms with Gasteiger partial charge in [-0.25, -0.2) is 4.79 Å². The second-order valence-electron chi connectivity index (χ2n) is 3.98. The molecule has 0 spiro atoms. The molecule has 21 heavy (non-hydrogen) atoms. The summed E-state index contributed by atoms with van der Waals surface area (Å²) < 4.78 is 63.2. The lowest BCUT2D eigenvalue weighted by Gasteiger charge is -2.07. The summed E-state index contributed by atoms with van der Waals surface area (Å²) in [6, 6.07) is 5.40. The summed E-state index contributed by atoms with van der Waals surface area (Å²) in [6.07, 6.45) is 1.27. The van der Waals surface area contributed by atoms with Gasteiger partial charge in [-0.1, -0.05) is 6.07 Å². The topological polar surface area (TPSA) is 138 Å². The molecular formula is C11H7NO7S2. The SMILES string of the molecule is O=C=Nc1ccc2cc(S(=O)(=O)O)cc(S(=O)(=O)O)c2c1. The number of isocyanates is 1. The molecule has 2 aromatic rings. The Morgan fingerprint density at radius 3 is 2.14 bits per heavy atom. The third-order valence-electron chi connectivity index (χ3n) is 2.62. The van der Waals surface area contributed by atoms with E-state index in [9.17, 15) is 26.2 Å². The van der Waals surface area contributed by atoms with Gasteiger partial charge < -0.3 is 0 Å². The van der Waals surface area contributed by atoms with Gasteiger partial charge in [-0.2, -0.15) is 21.8 Å². The van der Waals surface area contributed by atoms with E-state index < -0.39 is 30.0 Å². The summed E-state index contributed by atoms with van der Waals surface area (Å²) in [5, 5.41) is 0.0593. The molecule has 2 aromatic carbocycles. The Bertz CT molecular complexity index is 987. The molecule has 0 bridgehead atoms. The van der Waals surface area contributed by atoms with Crippen LogP contribution in [0.3, 0.4) is 0 Å². The van der Waals surface area contributed by atoms with Gasteiger partial charge in [0.1, 0.15) is 4.90 Å². The first-order valence-electron chi connectivity index (χ1n) is 5.23. The van der Waals surface area contributed by atoms with E-state index in [-0.39, 0.29) is 16.5 Å². The monoisotopic (exact) mass is 329 g/mol. The summed E-state index contributed by atoms with van der Waals surface area (Å²) in [6.45, 7) is 0. The van der Waals surface area contributed by atoms with Crippen LogP contribution in [-0.2, 0) is 25.0 Å². The van der Waals surface area contributed by atoms with Crippen LogP contribution in [0.15, 0.2) is 45.1 Å². The van der Waals surface area contributed by atoms with Gasteiger partial charge in [0, 0.05) is 5.39 Å². The zero-order valence-corrected chi connectivity index (χ0v) is 11.7. The molecule has 0 unspecified atom stereocenters. The van der Waals surface area contributed by atoms with Gasteiger partial charge in [-0.05, 0) is 29.7 Å². The summed E-state index contributed by atoms with van der Waals surface area (Å²) in [7, 11) is -9.42. The fourth-order valence-corrected chi connectivity index (χ4v) is 3.12. The van der Waals surface area contributed by atoms with Crippen molar-refractivity contribution in [3.8, 4) is 0 Å². The number of rotatable bonds is 3. The normalized spacial score (nSPS) is 12.1. The predicted octanol–water partition coefficient (Wildman–Crippen LogP) is 1.30. The molecule has 2 rings (SSSR count). The molecule has 0 atom stereocenters. The van der Waals surface area contributed by atoms with Crippen LogP contribution in [0.5, 0.6) is 0 Å². The quantitative estimate of drug-likeness (QED) is 0.491.